The van der Waals surface area contributed by atoms with Gasteiger partial charge in [0.05, 0.1) is 37.2 Å². The summed E-state index contributed by atoms with van der Waals surface area (Å²) in [7, 11) is 1.56. The zero-order chi connectivity index (χ0) is 29.5. The van der Waals surface area contributed by atoms with E-state index in [1.54, 1.807) is 31.4 Å². The third-order valence-corrected chi connectivity index (χ3v) is 9.11. The Morgan fingerprint density at radius 2 is 1.67 bits per heavy atom. The van der Waals surface area contributed by atoms with Crippen molar-refractivity contribution in [3.63, 3.8) is 0 Å². The van der Waals surface area contributed by atoms with Crippen LogP contribution in [0.5, 0.6) is 5.75 Å². The third kappa shape index (κ3) is 4.53. The van der Waals surface area contributed by atoms with Crippen molar-refractivity contribution in [1.82, 2.24) is 10.2 Å². The molecular formula is C33H35N3O6. The summed E-state index contributed by atoms with van der Waals surface area (Å²) in [5.74, 6) is -2.10. The van der Waals surface area contributed by atoms with Crippen LogP contribution in [0.15, 0.2) is 84.9 Å². The summed E-state index contributed by atoms with van der Waals surface area (Å²) in [5.41, 5.74) is 0.0319. The lowest BCUT2D eigenvalue weighted by molar-refractivity contribution is -0.148. The molecule has 42 heavy (non-hydrogen) atoms. The summed E-state index contributed by atoms with van der Waals surface area (Å²) < 4.78 is 11.9. The fraction of sp³-hybridized carbons (Fsp3) is 0.364. The second-order valence-electron chi connectivity index (χ2n) is 11.5. The Labute approximate surface area is 244 Å². The Kier molecular flexibility index (Phi) is 7.24. The number of anilines is 1. The Bertz CT molecular complexity index is 1470. The van der Waals surface area contributed by atoms with E-state index in [-0.39, 0.29) is 11.8 Å². The molecule has 2 bridgehead atoms. The van der Waals surface area contributed by atoms with Gasteiger partial charge >= 0.3 is 0 Å². The van der Waals surface area contributed by atoms with Gasteiger partial charge in [-0.25, -0.2) is 0 Å². The molecule has 3 aliphatic rings. The second-order valence-corrected chi connectivity index (χ2v) is 11.5. The van der Waals surface area contributed by atoms with Gasteiger partial charge in [0.2, 0.25) is 17.7 Å². The molecule has 3 N–H and O–H groups in total. The zero-order valence-corrected chi connectivity index (χ0v) is 23.7. The van der Waals surface area contributed by atoms with Crippen LogP contribution in [0.4, 0.5) is 5.69 Å². The van der Waals surface area contributed by atoms with Crippen molar-refractivity contribution >= 4 is 23.4 Å². The number of carbonyl (C=O) groups is 3. The van der Waals surface area contributed by atoms with Gasteiger partial charge in [0.15, 0.2) is 0 Å². The van der Waals surface area contributed by atoms with Crippen molar-refractivity contribution in [2.45, 2.75) is 49.6 Å². The Morgan fingerprint density at radius 3 is 2.31 bits per heavy atom. The minimum Gasteiger partial charge on any atom is -0.497 e. The topological polar surface area (TPSA) is 117 Å². The number of likely N-dealkylation sites (tertiary alicyclic amines) is 1. The summed E-state index contributed by atoms with van der Waals surface area (Å²) in [6.45, 7) is 1.78. The van der Waals surface area contributed by atoms with E-state index in [1.807, 2.05) is 67.6 Å². The molecule has 3 aromatic rings. The molecule has 1 spiro atoms. The average molecular weight is 570 g/mol. The van der Waals surface area contributed by atoms with E-state index in [1.165, 1.54) is 4.90 Å². The van der Waals surface area contributed by atoms with Gasteiger partial charge in [-0.3, -0.25) is 14.4 Å². The number of hydrogen-bond acceptors (Lipinski definition) is 6. The number of benzene rings is 3. The molecule has 0 radical (unpaired) electrons. The number of hydrogen-bond donors (Lipinski definition) is 3. The molecule has 3 aromatic carbocycles. The van der Waals surface area contributed by atoms with Crippen LogP contribution in [0.2, 0.25) is 0 Å². The number of rotatable bonds is 9. The number of aliphatic hydroxyl groups excluding tert-OH is 1. The molecule has 9 heteroatoms. The van der Waals surface area contributed by atoms with Gasteiger partial charge in [-0.15, -0.1) is 0 Å². The molecule has 3 fully saturated rings. The largest absolute Gasteiger partial charge is 0.497 e. The highest BCUT2D eigenvalue weighted by atomic mass is 16.5. The molecule has 0 aliphatic carbocycles. The number of carbonyl (C=O) groups excluding carboxylic acids is 3. The summed E-state index contributed by atoms with van der Waals surface area (Å²) in [5, 5.41) is 16.6. The van der Waals surface area contributed by atoms with Crippen LogP contribution in [0.25, 0.3) is 0 Å². The molecule has 218 valence electrons. The standard InChI is InChI=1S/C33H35N3O6/c1-32-17-18-33(42-32)27(26(32)29(38)34-19-21-9-5-3-6-10-21)31(40)36(25(20-37)22-11-7-4-8-12-22)28(33)30(39)35-23-13-15-24(41-2)16-14-23/h3-16,25-28,37H,17-20H2,1-2H3,(H,34,38)(H,35,39)/t25-,26+,27+,28?,32-,33?/m1/s1. The van der Waals surface area contributed by atoms with E-state index in [2.05, 4.69) is 10.6 Å². The van der Waals surface area contributed by atoms with Gasteiger partial charge in [0, 0.05) is 12.2 Å². The molecule has 3 heterocycles. The first-order valence-electron chi connectivity index (χ1n) is 14.3. The van der Waals surface area contributed by atoms with E-state index in [9.17, 15) is 19.5 Å². The van der Waals surface area contributed by atoms with Gasteiger partial charge in [-0.05, 0) is 55.2 Å². The number of aliphatic hydroxyl groups is 1. The number of amides is 3. The molecule has 0 aromatic heterocycles. The summed E-state index contributed by atoms with van der Waals surface area (Å²) in [6.07, 6.45) is 0.960. The normalized spacial score (nSPS) is 28.3. The molecule has 2 unspecified atom stereocenters. The zero-order valence-electron chi connectivity index (χ0n) is 23.7. The molecule has 3 saturated heterocycles. The lowest BCUT2D eigenvalue weighted by Crippen LogP contribution is -2.54. The fourth-order valence-corrected chi connectivity index (χ4v) is 7.21. The smallest absolute Gasteiger partial charge is 0.250 e. The first kappa shape index (κ1) is 27.9. The monoisotopic (exact) mass is 569 g/mol. The number of nitrogens with zero attached hydrogens (tertiary/aromatic N) is 1. The molecular weight excluding hydrogens is 534 g/mol. The predicted molar refractivity (Wildman–Crippen MR) is 155 cm³/mol. The Morgan fingerprint density at radius 1 is 1.00 bits per heavy atom. The fourth-order valence-electron chi connectivity index (χ4n) is 7.21. The quantitative estimate of drug-likeness (QED) is 0.364. The molecule has 6 rings (SSSR count). The van der Waals surface area contributed by atoms with E-state index in [0.29, 0.717) is 36.4 Å². The van der Waals surface area contributed by atoms with Crippen molar-refractivity contribution in [2.75, 3.05) is 19.0 Å². The Balaban J connectivity index is 1.37. The van der Waals surface area contributed by atoms with E-state index in [0.717, 1.165) is 5.56 Å². The highest BCUT2D eigenvalue weighted by Crippen LogP contribution is 2.64. The van der Waals surface area contributed by atoms with Gasteiger partial charge in [0.25, 0.3) is 0 Å². The van der Waals surface area contributed by atoms with Crippen LogP contribution >= 0.6 is 0 Å². The third-order valence-electron chi connectivity index (χ3n) is 9.11. The van der Waals surface area contributed by atoms with Crippen molar-refractivity contribution in [2.24, 2.45) is 11.8 Å². The molecule has 3 amide bonds. The predicted octanol–water partition coefficient (Wildman–Crippen LogP) is 3.45. The maximum Gasteiger partial charge on any atom is 0.250 e. The second kappa shape index (κ2) is 10.9. The summed E-state index contributed by atoms with van der Waals surface area (Å²) in [4.78, 5) is 44.0. The van der Waals surface area contributed by atoms with Gasteiger partial charge in [0.1, 0.15) is 17.4 Å². The van der Waals surface area contributed by atoms with Gasteiger partial charge < -0.3 is 30.1 Å². The van der Waals surface area contributed by atoms with Crippen LogP contribution in [0, 0.1) is 11.8 Å². The van der Waals surface area contributed by atoms with Crippen LogP contribution < -0.4 is 15.4 Å². The van der Waals surface area contributed by atoms with E-state index >= 15 is 0 Å². The first-order chi connectivity index (χ1) is 20.3. The molecule has 0 saturated carbocycles. The maximum absolute atomic E-state index is 14.5. The highest BCUT2D eigenvalue weighted by Gasteiger charge is 2.78. The molecule has 6 atom stereocenters. The van der Waals surface area contributed by atoms with Crippen LogP contribution in [0.3, 0.4) is 0 Å². The SMILES string of the molecule is COc1ccc(NC(=O)C2N([C@H](CO)c3ccccc3)C(=O)[C@@H]3[C@@H](C(=O)NCc4ccccc4)[C@@]4(C)CCC23O4)cc1. The number of methoxy groups -OCH3 is 1. The van der Waals surface area contributed by atoms with Gasteiger partial charge in [-0.2, -0.15) is 0 Å². The van der Waals surface area contributed by atoms with Gasteiger partial charge in [-0.1, -0.05) is 60.7 Å². The average Bonchev–Trinajstić information content (AvgIpc) is 3.58. The lowest BCUT2D eigenvalue weighted by atomic mass is 9.66. The molecule has 3 aliphatic heterocycles. The van der Waals surface area contributed by atoms with Crippen LogP contribution in [0.1, 0.15) is 36.9 Å². The van der Waals surface area contributed by atoms with Crippen LogP contribution in [-0.2, 0) is 25.7 Å². The van der Waals surface area contributed by atoms with Crippen molar-refractivity contribution < 1.29 is 29.0 Å². The van der Waals surface area contributed by atoms with Crippen molar-refractivity contribution in [3.8, 4) is 5.75 Å². The number of ether oxygens (including phenoxy) is 2. The van der Waals surface area contributed by atoms with Crippen LogP contribution in [-0.4, -0.2) is 58.7 Å². The number of nitrogens with one attached hydrogen (secondary N) is 2. The summed E-state index contributed by atoms with van der Waals surface area (Å²) >= 11 is 0. The van der Waals surface area contributed by atoms with Crippen molar-refractivity contribution in [1.29, 1.82) is 0 Å². The first-order valence-corrected chi connectivity index (χ1v) is 14.3. The maximum atomic E-state index is 14.5. The summed E-state index contributed by atoms with van der Waals surface area (Å²) in [6, 6.07) is 23.8. The van der Waals surface area contributed by atoms with Crippen molar-refractivity contribution in [3.05, 3.63) is 96.1 Å². The Hall–Kier alpha value is -4.21. The minimum atomic E-state index is -1.22. The highest BCUT2D eigenvalue weighted by molar-refractivity contribution is 6.04. The number of fused-ring (bicyclic) bond motifs is 1. The van der Waals surface area contributed by atoms with E-state index in [4.69, 9.17) is 9.47 Å². The molecule has 9 nitrogen and oxygen atoms in total. The minimum absolute atomic E-state index is 0.280. The van der Waals surface area contributed by atoms with E-state index < -0.39 is 47.6 Å². The lowest BCUT2D eigenvalue weighted by Gasteiger charge is -2.37.